The summed E-state index contributed by atoms with van der Waals surface area (Å²) in [6, 6.07) is 6.25. The lowest BCUT2D eigenvalue weighted by Gasteiger charge is -2.24. The Labute approximate surface area is 98.7 Å². The van der Waals surface area contributed by atoms with Crippen molar-refractivity contribution in [3.63, 3.8) is 0 Å². The van der Waals surface area contributed by atoms with E-state index in [1.807, 2.05) is 13.8 Å². The SMILES string of the molecule is CC(C)(c1ccc(F)cc1)c1[nH]ncc1C=O. The van der Waals surface area contributed by atoms with Gasteiger partial charge in [0.25, 0.3) is 0 Å². The van der Waals surface area contributed by atoms with Gasteiger partial charge in [0.05, 0.1) is 17.5 Å². The number of carbonyl (C=O) groups excluding carboxylic acids is 1. The summed E-state index contributed by atoms with van der Waals surface area (Å²) in [7, 11) is 0. The van der Waals surface area contributed by atoms with Crippen LogP contribution in [0.2, 0.25) is 0 Å². The van der Waals surface area contributed by atoms with E-state index >= 15 is 0 Å². The second kappa shape index (κ2) is 4.13. The van der Waals surface area contributed by atoms with Crippen LogP contribution in [0, 0.1) is 5.82 Å². The molecule has 0 saturated carbocycles. The maximum Gasteiger partial charge on any atom is 0.153 e. The van der Waals surface area contributed by atoms with Crippen LogP contribution >= 0.6 is 0 Å². The summed E-state index contributed by atoms with van der Waals surface area (Å²) in [6.45, 7) is 3.92. The maximum absolute atomic E-state index is 12.9. The zero-order valence-corrected chi connectivity index (χ0v) is 9.70. The monoisotopic (exact) mass is 232 g/mol. The number of nitrogens with zero attached hydrogens (tertiary/aromatic N) is 1. The predicted molar refractivity (Wildman–Crippen MR) is 62.5 cm³/mol. The quantitative estimate of drug-likeness (QED) is 0.827. The molecular weight excluding hydrogens is 219 g/mol. The highest BCUT2D eigenvalue weighted by Gasteiger charge is 2.27. The molecule has 0 aliphatic rings. The van der Waals surface area contributed by atoms with Gasteiger partial charge in [-0.15, -0.1) is 0 Å². The van der Waals surface area contributed by atoms with Gasteiger partial charge in [0.15, 0.2) is 6.29 Å². The van der Waals surface area contributed by atoms with Crippen LogP contribution in [0.15, 0.2) is 30.5 Å². The number of H-pyrrole nitrogens is 1. The number of hydrogen-bond acceptors (Lipinski definition) is 2. The Morgan fingerprint density at radius 1 is 1.29 bits per heavy atom. The second-order valence-electron chi connectivity index (χ2n) is 4.45. The van der Waals surface area contributed by atoms with E-state index < -0.39 is 5.41 Å². The molecule has 0 spiro atoms. The molecule has 1 aromatic carbocycles. The number of halogens is 1. The van der Waals surface area contributed by atoms with E-state index in [1.54, 1.807) is 12.1 Å². The van der Waals surface area contributed by atoms with Gasteiger partial charge in [-0.3, -0.25) is 9.89 Å². The Balaban J connectivity index is 2.49. The van der Waals surface area contributed by atoms with Gasteiger partial charge in [0, 0.05) is 5.41 Å². The van der Waals surface area contributed by atoms with Crippen LogP contribution in [0.25, 0.3) is 0 Å². The number of aromatic amines is 1. The molecule has 88 valence electrons. The van der Waals surface area contributed by atoms with E-state index in [-0.39, 0.29) is 5.82 Å². The Morgan fingerprint density at radius 3 is 2.53 bits per heavy atom. The van der Waals surface area contributed by atoms with Crippen LogP contribution in [-0.4, -0.2) is 16.5 Å². The first-order valence-electron chi connectivity index (χ1n) is 5.31. The summed E-state index contributed by atoms with van der Waals surface area (Å²) in [5.41, 5.74) is 1.77. The Hall–Kier alpha value is -1.97. The molecule has 0 saturated heterocycles. The fourth-order valence-electron chi connectivity index (χ4n) is 1.90. The van der Waals surface area contributed by atoms with Gasteiger partial charge < -0.3 is 0 Å². The van der Waals surface area contributed by atoms with E-state index in [9.17, 15) is 9.18 Å². The summed E-state index contributed by atoms with van der Waals surface area (Å²) in [5.74, 6) is -0.273. The predicted octanol–water partition coefficient (Wildman–Crippen LogP) is 2.69. The standard InChI is InChI=1S/C13H13FN2O/c1-13(2,10-3-5-11(14)6-4-10)12-9(8-17)7-15-16-12/h3-8H,1-2H3,(H,15,16). The molecule has 0 atom stereocenters. The molecule has 3 nitrogen and oxygen atoms in total. The van der Waals surface area contributed by atoms with Gasteiger partial charge >= 0.3 is 0 Å². The van der Waals surface area contributed by atoms with Crippen molar-refractivity contribution >= 4 is 6.29 Å². The highest BCUT2D eigenvalue weighted by Crippen LogP contribution is 2.31. The Kier molecular flexibility index (Phi) is 2.79. The summed E-state index contributed by atoms with van der Waals surface area (Å²) in [5, 5.41) is 6.71. The van der Waals surface area contributed by atoms with Crippen molar-refractivity contribution in [2.75, 3.05) is 0 Å². The third-order valence-electron chi connectivity index (χ3n) is 2.99. The van der Waals surface area contributed by atoms with E-state index in [2.05, 4.69) is 10.2 Å². The van der Waals surface area contributed by atoms with Gasteiger partial charge in [-0.1, -0.05) is 26.0 Å². The first kappa shape index (κ1) is 11.5. The van der Waals surface area contributed by atoms with Gasteiger partial charge in [-0.25, -0.2) is 4.39 Å². The zero-order valence-electron chi connectivity index (χ0n) is 9.70. The molecule has 0 unspecified atom stereocenters. The Morgan fingerprint density at radius 2 is 1.94 bits per heavy atom. The van der Waals surface area contributed by atoms with E-state index in [0.29, 0.717) is 5.56 Å². The molecule has 0 aliphatic heterocycles. The highest BCUT2D eigenvalue weighted by atomic mass is 19.1. The largest absolute Gasteiger partial charge is 0.298 e. The normalized spacial score (nSPS) is 11.5. The third kappa shape index (κ3) is 1.98. The minimum atomic E-state index is -0.416. The third-order valence-corrected chi connectivity index (χ3v) is 2.99. The molecule has 1 N–H and O–H groups in total. The van der Waals surface area contributed by atoms with Crippen molar-refractivity contribution in [3.8, 4) is 0 Å². The van der Waals surface area contributed by atoms with Crippen molar-refractivity contribution in [2.45, 2.75) is 19.3 Å². The number of carbonyl (C=O) groups is 1. The highest BCUT2D eigenvalue weighted by molar-refractivity contribution is 5.77. The molecule has 1 heterocycles. The lowest BCUT2D eigenvalue weighted by Crippen LogP contribution is -2.21. The lowest BCUT2D eigenvalue weighted by molar-refractivity contribution is 0.112. The number of hydrogen-bond donors (Lipinski definition) is 1. The summed E-state index contributed by atoms with van der Waals surface area (Å²) < 4.78 is 12.9. The van der Waals surface area contributed by atoms with Crippen molar-refractivity contribution in [3.05, 3.63) is 53.1 Å². The van der Waals surface area contributed by atoms with Crippen molar-refractivity contribution in [1.29, 1.82) is 0 Å². The summed E-state index contributed by atoms with van der Waals surface area (Å²) >= 11 is 0. The fraction of sp³-hybridized carbons (Fsp3) is 0.231. The van der Waals surface area contributed by atoms with Crippen LogP contribution in [0.1, 0.15) is 35.5 Å². The molecule has 17 heavy (non-hydrogen) atoms. The van der Waals surface area contributed by atoms with E-state index in [4.69, 9.17) is 0 Å². The number of aldehydes is 1. The molecule has 4 heteroatoms. The number of rotatable bonds is 3. The number of benzene rings is 1. The fourth-order valence-corrected chi connectivity index (χ4v) is 1.90. The maximum atomic E-state index is 12.9. The molecule has 0 fully saturated rings. The van der Waals surface area contributed by atoms with E-state index in [0.717, 1.165) is 17.5 Å². The molecule has 2 aromatic rings. The van der Waals surface area contributed by atoms with Crippen LogP contribution < -0.4 is 0 Å². The molecule has 0 amide bonds. The molecular formula is C13H13FN2O. The zero-order chi connectivity index (χ0) is 12.5. The molecule has 0 radical (unpaired) electrons. The first-order chi connectivity index (χ1) is 8.05. The van der Waals surface area contributed by atoms with Gasteiger partial charge in [-0.2, -0.15) is 5.10 Å². The van der Waals surface area contributed by atoms with Crippen LogP contribution in [0.5, 0.6) is 0 Å². The molecule has 0 aliphatic carbocycles. The molecule has 0 bridgehead atoms. The molecule has 2 rings (SSSR count). The smallest absolute Gasteiger partial charge is 0.153 e. The second-order valence-corrected chi connectivity index (χ2v) is 4.45. The van der Waals surface area contributed by atoms with Gasteiger partial charge in [-0.05, 0) is 17.7 Å². The van der Waals surface area contributed by atoms with Gasteiger partial charge in [0.2, 0.25) is 0 Å². The average Bonchev–Trinajstić information content (AvgIpc) is 2.78. The summed E-state index contributed by atoms with van der Waals surface area (Å²) in [4.78, 5) is 10.9. The minimum absolute atomic E-state index is 0.273. The lowest BCUT2D eigenvalue weighted by atomic mass is 9.80. The molecule has 1 aromatic heterocycles. The van der Waals surface area contributed by atoms with Crippen LogP contribution in [0.4, 0.5) is 4.39 Å². The van der Waals surface area contributed by atoms with Gasteiger partial charge in [0.1, 0.15) is 5.82 Å². The van der Waals surface area contributed by atoms with Crippen molar-refractivity contribution in [2.24, 2.45) is 0 Å². The van der Waals surface area contributed by atoms with Crippen molar-refractivity contribution < 1.29 is 9.18 Å². The first-order valence-corrected chi connectivity index (χ1v) is 5.31. The number of aromatic nitrogens is 2. The summed E-state index contributed by atoms with van der Waals surface area (Å²) in [6.07, 6.45) is 2.26. The van der Waals surface area contributed by atoms with Crippen molar-refractivity contribution in [1.82, 2.24) is 10.2 Å². The Bertz CT molecular complexity index is 529. The minimum Gasteiger partial charge on any atom is -0.298 e. The average molecular weight is 232 g/mol. The van der Waals surface area contributed by atoms with E-state index in [1.165, 1.54) is 18.3 Å². The van der Waals surface area contributed by atoms with Crippen LogP contribution in [-0.2, 0) is 5.41 Å². The topological polar surface area (TPSA) is 45.8 Å². The van der Waals surface area contributed by atoms with Crippen LogP contribution in [0.3, 0.4) is 0 Å². The number of nitrogens with one attached hydrogen (secondary N) is 1.